The fourth-order valence-electron chi connectivity index (χ4n) is 1.98. The van der Waals surface area contributed by atoms with Gasteiger partial charge >= 0.3 is 0 Å². The van der Waals surface area contributed by atoms with Crippen LogP contribution in [0.15, 0.2) is 53.7 Å². The number of aliphatic imine (C=N–C) groups is 1. The highest BCUT2D eigenvalue weighted by molar-refractivity contribution is 5.92. The summed E-state index contributed by atoms with van der Waals surface area (Å²) in [6, 6.07) is 13.4. The van der Waals surface area contributed by atoms with Crippen LogP contribution >= 0.6 is 0 Å². The van der Waals surface area contributed by atoms with Crippen molar-refractivity contribution in [2.24, 2.45) is 10.7 Å². The maximum atomic E-state index is 5.86. The van der Waals surface area contributed by atoms with E-state index in [0.717, 1.165) is 36.6 Å². The van der Waals surface area contributed by atoms with Crippen LogP contribution in [0.4, 0.5) is 11.5 Å². The largest absolute Gasteiger partial charge is 0.497 e. The second kappa shape index (κ2) is 9.30. The molecular weight excluding hydrogens is 290 g/mol. The molecule has 0 atom stereocenters. The lowest BCUT2D eigenvalue weighted by Crippen LogP contribution is -2.22. The van der Waals surface area contributed by atoms with Crippen molar-refractivity contribution in [2.75, 3.05) is 30.8 Å². The molecule has 1 heterocycles. The van der Waals surface area contributed by atoms with Crippen molar-refractivity contribution in [3.8, 4) is 5.75 Å². The molecule has 2 aromatic rings. The van der Waals surface area contributed by atoms with E-state index < -0.39 is 0 Å². The zero-order chi connectivity index (χ0) is 16.3. The molecule has 0 unspecified atom stereocenters. The van der Waals surface area contributed by atoms with E-state index in [1.54, 1.807) is 13.3 Å². The number of hydrogen-bond donors (Lipinski definition) is 3. The number of hydrogen-bond acceptors (Lipinski definition) is 4. The van der Waals surface area contributed by atoms with Gasteiger partial charge in [0.1, 0.15) is 11.6 Å². The topological polar surface area (TPSA) is 84.6 Å². The van der Waals surface area contributed by atoms with Crippen LogP contribution < -0.4 is 21.1 Å². The van der Waals surface area contributed by atoms with Crippen LogP contribution in [0.2, 0.25) is 0 Å². The van der Waals surface area contributed by atoms with E-state index in [4.69, 9.17) is 10.5 Å². The van der Waals surface area contributed by atoms with Gasteiger partial charge in [-0.2, -0.15) is 0 Å². The summed E-state index contributed by atoms with van der Waals surface area (Å²) in [6.45, 7) is 1.57. The Morgan fingerprint density at radius 3 is 2.70 bits per heavy atom. The molecule has 122 valence electrons. The first-order valence-electron chi connectivity index (χ1n) is 7.64. The van der Waals surface area contributed by atoms with Gasteiger partial charge in [0.25, 0.3) is 0 Å². The third-order valence-electron chi connectivity index (χ3n) is 3.20. The van der Waals surface area contributed by atoms with E-state index in [1.165, 1.54) is 0 Å². The third-order valence-corrected chi connectivity index (χ3v) is 3.20. The summed E-state index contributed by atoms with van der Waals surface area (Å²) in [5.41, 5.74) is 6.76. The average molecular weight is 313 g/mol. The minimum atomic E-state index is 0.424. The Labute approximate surface area is 136 Å². The number of aromatic nitrogens is 1. The number of nitrogens with two attached hydrogens (primary N) is 1. The van der Waals surface area contributed by atoms with Crippen molar-refractivity contribution in [1.29, 1.82) is 0 Å². The Bertz CT molecular complexity index is 598. The lowest BCUT2D eigenvalue weighted by molar-refractivity contribution is 0.415. The van der Waals surface area contributed by atoms with Crippen LogP contribution in [0, 0.1) is 0 Å². The van der Waals surface area contributed by atoms with Gasteiger partial charge in [0.2, 0.25) is 0 Å². The number of anilines is 2. The van der Waals surface area contributed by atoms with Gasteiger partial charge in [0.15, 0.2) is 5.96 Å². The van der Waals surface area contributed by atoms with Crippen molar-refractivity contribution in [3.05, 3.63) is 48.7 Å². The molecular formula is C17H23N5O. The molecule has 0 aliphatic heterocycles. The van der Waals surface area contributed by atoms with E-state index in [0.29, 0.717) is 12.5 Å². The number of benzene rings is 1. The molecule has 2 rings (SSSR count). The standard InChI is InChI=1S/C17H23N5O/c1-23-15-9-7-14(8-10-15)22-17(18)21-13-5-4-12-20-16-6-2-3-11-19-16/h2-3,6-11H,4-5,12-13H2,1H3,(H,19,20)(H3,18,21,22). The Morgan fingerprint density at radius 2 is 2.00 bits per heavy atom. The van der Waals surface area contributed by atoms with Crippen LogP contribution in [0.3, 0.4) is 0 Å². The highest BCUT2D eigenvalue weighted by Crippen LogP contribution is 2.14. The van der Waals surface area contributed by atoms with Crippen LogP contribution in [0.1, 0.15) is 12.8 Å². The van der Waals surface area contributed by atoms with Gasteiger partial charge in [0.05, 0.1) is 7.11 Å². The fraction of sp³-hybridized carbons (Fsp3) is 0.294. The first-order valence-corrected chi connectivity index (χ1v) is 7.64. The predicted molar refractivity (Wildman–Crippen MR) is 95.1 cm³/mol. The zero-order valence-corrected chi connectivity index (χ0v) is 13.3. The quantitative estimate of drug-likeness (QED) is 0.396. The van der Waals surface area contributed by atoms with Gasteiger partial charge in [-0.3, -0.25) is 4.99 Å². The number of methoxy groups -OCH3 is 1. The number of ether oxygens (including phenoxy) is 1. The van der Waals surface area contributed by atoms with Gasteiger partial charge < -0.3 is 21.1 Å². The van der Waals surface area contributed by atoms with Gasteiger partial charge in [0, 0.05) is 25.0 Å². The maximum Gasteiger partial charge on any atom is 0.193 e. The van der Waals surface area contributed by atoms with Crippen molar-refractivity contribution < 1.29 is 4.74 Å². The Hall–Kier alpha value is -2.76. The summed E-state index contributed by atoms with van der Waals surface area (Å²) >= 11 is 0. The first kappa shape index (κ1) is 16.6. The lowest BCUT2D eigenvalue weighted by atomic mass is 10.3. The normalized spacial score (nSPS) is 11.1. The lowest BCUT2D eigenvalue weighted by Gasteiger charge is -2.07. The highest BCUT2D eigenvalue weighted by atomic mass is 16.5. The molecule has 0 saturated carbocycles. The molecule has 6 heteroatoms. The van der Waals surface area contributed by atoms with Crippen LogP contribution in [0.25, 0.3) is 0 Å². The van der Waals surface area contributed by atoms with Gasteiger partial charge in [-0.25, -0.2) is 4.98 Å². The molecule has 4 N–H and O–H groups in total. The van der Waals surface area contributed by atoms with E-state index >= 15 is 0 Å². The number of unbranched alkanes of at least 4 members (excludes halogenated alkanes) is 1. The molecule has 6 nitrogen and oxygen atoms in total. The van der Waals surface area contributed by atoms with Crippen molar-refractivity contribution >= 4 is 17.5 Å². The molecule has 0 aliphatic carbocycles. The van der Waals surface area contributed by atoms with Gasteiger partial charge in [-0.15, -0.1) is 0 Å². The SMILES string of the molecule is COc1ccc(NC(N)=NCCCCNc2ccccn2)cc1. The predicted octanol–water partition coefficient (Wildman–Crippen LogP) is 2.71. The van der Waals surface area contributed by atoms with E-state index in [2.05, 4.69) is 20.6 Å². The molecule has 0 spiro atoms. The number of nitrogens with one attached hydrogen (secondary N) is 2. The smallest absolute Gasteiger partial charge is 0.193 e. The Morgan fingerprint density at radius 1 is 1.17 bits per heavy atom. The number of guanidine groups is 1. The third kappa shape index (κ3) is 6.25. The summed E-state index contributed by atoms with van der Waals surface area (Å²) in [6.07, 6.45) is 3.75. The van der Waals surface area contributed by atoms with Crippen molar-refractivity contribution in [2.45, 2.75) is 12.8 Å². The molecule has 1 aromatic heterocycles. The Balaban J connectivity index is 1.62. The minimum absolute atomic E-state index is 0.424. The van der Waals surface area contributed by atoms with Crippen LogP contribution in [-0.4, -0.2) is 31.1 Å². The summed E-state index contributed by atoms with van der Waals surface area (Å²) in [7, 11) is 1.64. The first-order chi connectivity index (χ1) is 11.3. The minimum Gasteiger partial charge on any atom is -0.497 e. The van der Waals surface area contributed by atoms with E-state index in [1.807, 2.05) is 42.5 Å². The average Bonchev–Trinajstić information content (AvgIpc) is 2.59. The second-order valence-electron chi connectivity index (χ2n) is 4.97. The molecule has 1 aromatic carbocycles. The fourth-order valence-corrected chi connectivity index (χ4v) is 1.98. The number of rotatable bonds is 8. The zero-order valence-electron chi connectivity index (χ0n) is 13.3. The van der Waals surface area contributed by atoms with E-state index in [9.17, 15) is 0 Å². The number of nitrogens with zero attached hydrogens (tertiary/aromatic N) is 2. The molecule has 0 bridgehead atoms. The van der Waals surface area contributed by atoms with E-state index in [-0.39, 0.29) is 0 Å². The van der Waals surface area contributed by atoms with Crippen molar-refractivity contribution in [1.82, 2.24) is 4.98 Å². The Kier molecular flexibility index (Phi) is 6.71. The second-order valence-corrected chi connectivity index (χ2v) is 4.97. The molecule has 0 saturated heterocycles. The molecule has 23 heavy (non-hydrogen) atoms. The molecule has 0 amide bonds. The van der Waals surface area contributed by atoms with Crippen molar-refractivity contribution in [3.63, 3.8) is 0 Å². The van der Waals surface area contributed by atoms with Gasteiger partial charge in [-0.05, 0) is 49.2 Å². The molecule has 0 fully saturated rings. The summed E-state index contributed by atoms with van der Waals surface area (Å²) < 4.78 is 5.11. The van der Waals surface area contributed by atoms with Gasteiger partial charge in [-0.1, -0.05) is 6.07 Å². The summed E-state index contributed by atoms with van der Waals surface area (Å²) in [5, 5.41) is 6.32. The molecule has 0 radical (unpaired) electrons. The summed E-state index contributed by atoms with van der Waals surface area (Å²) in [4.78, 5) is 8.52. The maximum absolute atomic E-state index is 5.86. The molecule has 0 aliphatic rings. The van der Waals surface area contributed by atoms with Crippen LogP contribution in [-0.2, 0) is 0 Å². The summed E-state index contributed by atoms with van der Waals surface area (Å²) in [5.74, 6) is 2.14. The number of pyridine rings is 1. The monoisotopic (exact) mass is 313 g/mol. The highest BCUT2D eigenvalue weighted by Gasteiger charge is 1.96. The van der Waals surface area contributed by atoms with Crippen LogP contribution in [0.5, 0.6) is 5.75 Å².